The zero-order valence-corrected chi connectivity index (χ0v) is 26.4. The SMILES string of the molecule is Cc1ccc(C2CN(Cc3ccc(N4CCC(Nc5ncc(C6CC6)cn5)CC4)cn3)C2)cc1CN(C=O)C1CCC(=O)NC1=O. The first-order valence-electron chi connectivity index (χ1n) is 16.6. The summed E-state index contributed by atoms with van der Waals surface area (Å²) in [6.45, 7) is 7.03. The summed E-state index contributed by atoms with van der Waals surface area (Å²) in [7, 11) is 0. The standard InChI is InChI=1S/C35H42N8O3/c1-23-2-3-25(14-26(23)20-43(22-44)32-8-9-33(45)40-34(32)46)28-18-41(19-28)21-30-6-7-31(17-36-30)42-12-10-29(11-13-42)39-35-37-15-27(16-38-35)24-4-5-24/h2-3,6-7,14-17,22,24,28-29,32H,4-5,8-13,18-21H2,1H3,(H,37,38,39)(H,40,45,46). The minimum Gasteiger partial charge on any atom is -0.370 e. The van der Waals surface area contributed by atoms with E-state index >= 15 is 0 Å². The number of rotatable bonds is 11. The number of nitrogens with zero attached hydrogens (tertiary/aromatic N) is 6. The highest BCUT2D eigenvalue weighted by Gasteiger charge is 2.32. The molecule has 1 atom stereocenters. The van der Waals surface area contributed by atoms with Crippen LogP contribution in [-0.2, 0) is 27.5 Å². The number of aryl methyl sites for hydroxylation is 1. The Hall–Kier alpha value is -4.38. The van der Waals surface area contributed by atoms with Crippen LogP contribution in [0.15, 0.2) is 48.9 Å². The van der Waals surface area contributed by atoms with Gasteiger partial charge in [-0.2, -0.15) is 0 Å². The lowest BCUT2D eigenvalue weighted by Gasteiger charge is -2.40. The van der Waals surface area contributed by atoms with Crippen molar-refractivity contribution in [2.24, 2.45) is 0 Å². The maximum Gasteiger partial charge on any atom is 0.249 e. The molecular formula is C35H42N8O3. The van der Waals surface area contributed by atoms with E-state index in [0.29, 0.717) is 30.8 Å². The maximum absolute atomic E-state index is 12.3. The van der Waals surface area contributed by atoms with Crippen molar-refractivity contribution in [3.63, 3.8) is 0 Å². The number of carbonyl (C=O) groups excluding carboxylic acids is 3. The minimum atomic E-state index is -0.616. The minimum absolute atomic E-state index is 0.248. The number of hydrogen-bond donors (Lipinski definition) is 2. The third kappa shape index (κ3) is 6.89. The summed E-state index contributed by atoms with van der Waals surface area (Å²) in [6.07, 6.45) is 11.9. The summed E-state index contributed by atoms with van der Waals surface area (Å²) in [6, 6.07) is 10.5. The molecule has 2 N–H and O–H groups in total. The molecule has 11 nitrogen and oxygen atoms in total. The molecule has 3 saturated heterocycles. The van der Waals surface area contributed by atoms with Crippen LogP contribution in [0.5, 0.6) is 0 Å². The van der Waals surface area contributed by atoms with Gasteiger partial charge in [-0.3, -0.25) is 29.6 Å². The fourth-order valence-electron chi connectivity index (χ4n) is 6.87. The monoisotopic (exact) mass is 622 g/mol. The predicted molar refractivity (Wildman–Crippen MR) is 174 cm³/mol. The Morgan fingerprint density at radius 3 is 2.39 bits per heavy atom. The summed E-state index contributed by atoms with van der Waals surface area (Å²) in [5.74, 6) is 1.15. The Bertz CT molecular complexity index is 1560. The number of pyridine rings is 1. The molecule has 7 rings (SSSR count). The van der Waals surface area contributed by atoms with Crippen LogP contribution in [-0.4, -0.2) is 81.2 Å². The molecule has 4 aliphatic rings. The summed E-state index contributed by atoms with van der Waals surface area (Å²) >= 11 is 0. The second-order valence-electron chi connectivity index (χ2n) is 13.3. The van der Waals surface area contributed by atoms with Gasteiger partial charge < -0.3 is 15.1 Å². The Labute approximate surface area is 269 Å². The molecule has 1 aliphatic carbocycles. The van der Waals surface area contributed by atoms with E-state index in [4.69, 9.17) is 4.98 Å². The molecule has 0 spiro atoms. The Morgan fingerprint density at radius 2 is 1.72 bits per heavy atom. The highest BCUT2D eigenvalue weighted by molar-refractivity contribution is 6.00. The average Bonchev–Trinajstić information content (AvgIpc) is 3.90. The zero-order chi connectivity index (χ0) is 31.6. The molecule has 11 heteroatoms. The van der Waals surface area contributed by atoms with E-state index in [1.807, 2.05) is 25.5 Å². The van der Waals surface area contributed by atoms with Crippen LogP contribution < -0.4 is 15.5 Å². The van der Waals surface area contributed by atoms with E-state index in [2.05, 4.69) is 60.7 Å². The Kier molecular flexibility index (Phi) is 8.66. The van der Waals surface area contributed by atoms with Gasteiger partial charge in [-0.05, 0) is 79.3 Å². The van der Waals surface area contributed by atoms with E-state index in [-0.39, 0.29) is 12.3 Å². The number of likely N-dealkylation sites (tertiary alicyclic amines) is 1. The van der Waals surface area contributed by atoms with Crippen molar-refractivity contribution < 1.29 is 14.4 Å². The number of carbonyl (C=O) groups is 3. The van der Waals surface area contributed by atoms with Crippen LogP contribution in [0.25, 0.3) is 0 Å². The summed E-state index contributed by atoms with van der Waals surface area (Å²) in [4.78, 5) is 56.0. The molecular weight excluding hydrogens is 580 g/mol. The number of aromatic nitrogens is 3. The van der Waals surface area contributed by atoms with E-state index < -0.39 is 11.9 Å². The molecule has 1 saturated carbocycles. The second-order valence-corrected chi connectivity index (χ2v) is 13.3. The van der Waals surface area contributed by atoms with Crippen molar-refractivity contribution in [3.05, 3.63) is 76.9 Å². The molecule has 3 aliphatic heterocycles. The van der Waals surface area contributed by atoms with Crippen LogP contribution in [0.1, 0.15) is 78.3 Å². The fraction of sp³-hybridized carbons (Fsp3) is 0.486. The van der Waals surface area contributed by atoms with Crippen molar-refractivity contribution >= 4 is 29.9 Å². The number of piperidine rings is 2. The Morgan fingerprint density at radius 1 is 0.935 bits per heavy atom. The lowest BCUT2D eigenvalue weighted by atomic mass is 9.89. The lowest BCUT2D eigenvalue weighted by Crippen LogP contribution is -2.51. The normalized spacial score (nSPS) is 21.1. The molecule has 240 valence electrons. The number of amides is 3. The van der Waals surface area contributed by atoms with Gasteiger partial charge in [0.05, 0.1) is 17.6 Å². The number of hydrogen-bond acceptors (Lipinski definition) is 9. The van der Waals surface area contributed by atoms with Crippen LogP contribution >= 0.6 is 0 Å². The highest BCUT2D eigenvalue weighted by Crippen LogP contribution is 2.39. The van der Waals surface area contributed by atoms with E-state index in [1.54, 1.807) is 0 Å². The van der Waals surface area contributed by atoms with E-state index in [0.717, 1.165) is 74.7 Å². The largest absolute Gasteiger partial charge is 0.370 e. The van der Waals surface area contributed by atoms with Gasteiger partial charge in [0.25, 0.3) is 0 Å². The summed E-state index contributed by atoms with van der Waals surface area (Å²) in [5, 5.41) is 5.87. The van der Waals surface area contributed by atoms with Gasteiger partial charge in [0, 0.05) is 70.0 Å². The van der Waals surface area contributed by atoms with E-state index in [1.165, 1.54) is 34.6 Å². The first kappa shape index (κ1) is 30.3. The van der Waals surface area contributed by atoms with Gasteiger partial charge in [-0.25, -0.2) is 9.97 Å². The number of nitrogens with one attached hydrogen (secondary N) is 2. The second kappa shape index (κ2) is 13.2. The van der Waals surface area contributed by atoms with Crippen molar-refractivity contribution in [2.45, 2.75) is 82.5 Å². The van der Waals surface area contributed by atoms with Crippen molar-refractivity contribution in [1.29, 1.82) is 0 Å². The van der Waals surface area contributed by atoms with Crippen LogP contribution in [0.3, 0.4) is 0 Å². The molecule has 0 radical (unpaired) electrons. The summed E-state index contributed by atoms with van der Waals surface area (Å²) in [5.41, 5.74) is 6.86. The molecule has 1 aromatic carbocycles. The number of anilines is 2. The molecule has 1 unspecified atom stereocenters. The average molecular weight is 623 g/mol. The van der Waals surface area contributed by atoms with Gasteiger partial charge in [0.1, 0.15) is 6.04 Å². The van der Waals surface area contributed by atoms with E-state index in [9.17, 15) is 14.4 Å². The first-order chi connectivity index (χ1) is 22.4. The molecule has 3 aromatic rings. The van der Waals surface area contributed by atoms with Gasteiger partial charge in [-0.15, -0.1) is 0 Å². The molecule has 0 bridgehead atoms. The van der Waals surface area contributed by atoms with Gasteiger partial charge in [-0.1, -0.05) is 18.2 Å². The van der Waals surface area contributed by atoms with Gasteiger partial charge in [0.2, 0.25) is 24.2 Å². The predicted octanol–water partition coefficient (Wildman–Crippen LogP) is 3.50. The smallest absolute Gasteiger partial charge is 0.249 e. The quantitative estimate of drug-likeness (QED) is 0.244. The fourth-order valence-corrected chi connectivity index (χ4v) is 6.87. The van der Waals surface area contributed by atoms with Gasteiger partial charge in [0.15, 0.2) is 0 Å². The van der Waals surface area contributed by atoms with Crippen molar-refractivity contribution in [1.82, 2.24) is 30.1 Å². The lowest BCUT2D eigenvalue weighted by molar-refractivity contribution is -0.141. The van der Waals surface area contributed by atoms with Gasteiger partial charge >= 0.3 is 0 Å². The third-order valence-electron chi connectivity index (χ3n) is 10.0. The van der Waals surface area contributed by atoms with Crippen molar-refractivity contribution in [3.8, 4) is 0 Å². The first-order valence-corrected chi connectivity index (χ1v) is 16.6. The molecule has 3 amide bonds. The van der Waals surface area contributed by atoms with Crippen molar-refractivity contribution in [2.75, 3.05) is 36.4 Å². The van der Waals surface area contributed by atoms with Crippen LogP contribution in [0.4, 0.5) is 11.6 Å². The highest BCUT2D eigenvalue weighted by atomic mass is 16.2. The summed E-state index contributed by atoms with van der Waals surface area (Å²) < 4.78 is 0. The maximum atomic E-state index is 12.3. The molecule has 5 heterocycles. The topological polar surface area (TPSA) is 124 Å². The Balaban J connectivity index is 0.871. The van der Waals surface area contributed by atoms with Crippen LogP contribution in [0, 0.1) is 6.92 Å². The zero-order valence-electron chi connectivity index (χ0n) is 26.4. The number of imide groups is 1. The number of benzene rings is 1. The molecule has 4 fully saturated rings. The third-order valence-corrected chi connectivity index (χ3v) is 10.0. The van der Waals surface area contributed by atoms with Crippen LogP contribution in [0.2, 0.25) is 0 Å². The molecule has 2 aromatic heterocycles. The molecule has 46 heavy (non-hydrogen) atoms.